The summed E-state index contributed by atoms with van der Waals surface area (Å²) in [6, 6.07) is 0. The highest BCUT2D eigenvalue weighted by molar-refractivity contribution is 5.16. The number of aliphatic hydroxyl groups is 1. The molecule has 2 aliphatic carbocycles. The predicted octanol–water partition coefficient (Wildman–Crippen LogP) is 5.50. The van der Waals surface area contributed by atoms with Crippen LogP contribution >= 0.6 is 0 Å². The van der Waals surface area contributed by atoms with E-state index in [-0.39, 0.29) is 6.61 Å². The zero-order chi connectivity index (χ0) is 15.7. The first kappa shape index (κ1) is 16.8. The van der Waals surface area contributed by atoms with Crippen LogP contribution in [0, 0.1) is 22.7 Å². The highest BCUT2D eigenvalue weighted by Crippen LogP contribution is 2.61. The van der Waals surface area contributed by atoms with E-state index in [2.05, 4.69) is 34.3 Å². The Labute approximate surface area is 131 Å². The molecular formula is C20H34O. The van der Waals surface area contributed by atoms with Crippen LogP contribution in [0.1, 0.15) is 72.6 Å². The number of allylic oxidation sites excluding steroid dienone is 2. The summed E-state index contributed by atoms with van der Waals surface area (Å²) in [5.74, 6) is 1.51. The number of aliphatic hydroxyl groups excluding tert-OH is 1. The Morgan fingerprint density at radius 2 is 2.05 bits per heavy atom. The molecule has 2 saturated carbocycles. The van der Waals surface area contributed by atoms with Crippen LogP contribution in [-0.2, 0) is 0 Å². The Balaban J connectivity index is 2.17. The first-order valence-corrected chi connectivity index (χ1v) is 8.75. The molecule has 0 aromatic heterocycles. The molecule has 1 heteroatoms. The zero-order valence-corrected chi connectivity index (χ0v) is 14.5. The van der Waals surface area contributed by atoms with E-state index in [1.807, 2.05) is 6.08 Å². The fourth-order valence-corrected chi connectivity index (χ4v) is 5.44. The van der Waals surface area contributed by atoms with Gasteiger partial charge in [0.25, 0.3) is 0 Å². The third-order valence-corrected chi connectivity index (χ3v) is 6.59. The summed E-state index contributed by atoms with van der Waals surface area (Å²) >= 11 is 0. The second kappa shape index (κ2) is 6.28. The molecule has 0 spiro atoms. The van der Waals surface area contributed by atoms with Crippen LogP contribution in [0.4, 0.5) is 0 Å². The third-order valence-electron chi connectivity index (χ3n) is 6.59. The van der Waals surface area contributed by atoms with Crippen molar-refractivity contribution in [3.05, 3.63) is 23.8 Å². The van der Waals surface area contributed by atoms with E-state index in [1.54, 1.807) is 0 Å². The van der Waals surface area contributed by atoms with Crippen molar-refractivity contribution in [3.8, 4) is 0 Å². The van der Waals surface area contributed by atoms with Gasteiger partial charge in [0.1, 0.15) is 0 Å². The Kier molecular flexibility index (Phi) is 5.03. The van der Waals surface area contributed by atoms with Crippen molar-refractivity contribution in [1.29, 1.82) is 0 Å². The van der Waals surface area contributed by atoms with Gasteiger partial charge in [-0.1, -0.05) is 51.0 Å². The maximum atomic E-state index is 9.04. The SMILES string of the molecule is C=C1CC[C@H]2C(C)(C)CCC[C@]2(C)[C@H]1CC/C(C)=C\CO. The number of hydrogen-bond donors (Lipinski definition) is 1. The second-order valence-corrected chi connectivity index (χ2v) is 8.42. The Bertz CT molecular complexity index is 418. The molecule has 0 aromatic rings. The fourth-order valence-electron chi connectivity index (χ4n) is 5.44. The molecule has 1 nitrogen and oxygen atoms in total. The van der Waals surface area contributed by atoms with Crippen molar-refractivity contribution >= 4 is 0 Å². The van der Waals surface area contributed by atoms with Crippen LogP contribution in [0.25, 0.3) is 0 Å². The summed E-state index contributed by atoms with van der Waals surface area (Å²) in [7, 11) is 0. The van der Waals surface area contributed by atoms with Crippen LogP contribution < -0.4 is 0 Å². The van der Waals surface area contributed by atoms with E-state index >= 15 is 0 Å². The standard InChI is InChI=1S/C20H34O/c1-15(11-14-21)7-9-17-16(2)8-10-18-19(3,4)12-6-13-20(17,18)5/h11,17-18,21H,2,6-10,12-14H2,1,3-5H3/b15-11-/t17-,18-,20+/m0/s1. The minimum absolute atomic E-state index is 0.171. The molecule has 2 fully saturated rings. The molecule has 0 heterocycles. The van der Waals surface area contributed by atoms with E-state index in [1.165, 1.54) is 49.7 Å². The van der Waals surface area contributed by atoms with Gasteiger partial charge < -0.3 is 5.11 Å². The molecule has 0 bridgehead atoms. The van der Waals surface area contributed by atoms with E-state index in [4.69, 9.17) is 5.11 Å². The first-order valence-electron chi connectivity index (χ1n) is 8.75. The quantitative estimate of drug-likeness (QED) is 0.677. The highest BCUT2D eigenvalue weighted by Gasteiger charge is 2.52. The van der Waals surface area contributed by atoms with Crippen molar-refractivity contribution in [2.45, 2.75) is 72.6 Å². The molecule has 1 N–H and O–H groups in total. The molecule has 0 radical (unpaired) electrons. The largest absolute Gasteiger partial charge is 0.392 e. The van der Waals surface area contributed by atoms with Gasteiger partial charge in [-0.05, 0) is 68.1 Å². The number of fused-ring (bicyclic) bond motifs is 1. The summed E-state index contributed by atoms with van der Waals surface area (Å²) in [4.78, 5) is 0. The van der Waals surface area contributed by atoms with Crippen molar-refractivity contribution in [1.82, 2.24) is 0 Å². The summed E-state index contributed by atoms with van der Waals surface area (Å²) in [6.45, 7) is 14.3. The van der Waals surface area contributed by atoms with Gasteiger partial charge in [0.2, 0.25) is 0 Å². The number of hydrogen-bond acceptors (Lipinski definition) is 1. The number of rotatable bonds is 4. The molecule has 120 valence electrons. The summed E-state index contributed by atoms with van der Waals surface area (Å²) in [6.07, 6.45) is 11.0. The molecule has 2 rings (SSSR count). The minimum Gasteiger partial charge on any atom is -0.392 e. The van der Waals surface area contributed by atoms with Gasteiger partial charge >= 0.3 is 0 Å². The molecule has 0 unspecified atom stereocenters. The van der Waals surface area contributed by atoms with Gasteiger partial charge in [-0.25, -0.2) is 0 Å². The first-order chi connectivity index (χ1) is 9.81. The molecule has 0 aromatic carbocycles. The van der Waals surface area contributed by atoms with Crippen molar-refractivity contribution in [3.63, 3.8) is 0 Å². The topological polar surface area (TPSA) is 20.2 Å². The van der Waals surface area contributed by atoms with Crippen molar-refractivity contribution < 1.29 is 5.11 Å². The lowest BCUT2D eigenvalue weighted by Crippen LogP contribution is -2.49. The van der Waals surface area contributed by atoms with Crippen molar-refractivity contribution in [2.75, 3.05) is 6.61 Å². The lowest BCUT2D eigenvalue weighted by atomic mass is 9.47. The summed E-state index contributed by atoms with van der Waals surface area (Å²) in [5.41, 5.74) is 3.74. The second-order valence-electron chi connectivity index (χ2n) is 8.42. The van der Waals surface area contributed by atoms with Gasteiger partial charge in [-0.3, -0.25) is 0 Å². The average Bonchev–Trinajstić information content (AvgIpc) is 2.37. The molecule has 0 amide bonds. The summed E-state index contributed by atoms with van der Waals surface area (Å²) in [5, 5.41) is 9.04. The molecule has 0 aliphatic heterocycles. The van der Waals surface area contributed by atoms with Gasteiger partial charge in [-0.2, -0.15) is 0 Å². The smallest absolute Gasteiger partial charge is 0.0614 e. The van der Waals surface area contributed by atoms with Crippen molar-refractivity contribution in [2.24, 2.45) is 22.7 Å². The van der Waals surface area contributed by atoms with Crippen LogP contribution in [0.2, 0.25) is 0 Å². The van der Waals surface area contributed by atoms with Gasteiger partial charge in [-0.15, -0.1) is 0 Å². The Morgan fingerprint density at radius 3 is 2.71 bits per heavy atom. The van der Waals surface area contributed by atoms with E-state index in [9.17, 15) is 0 Å². The molecular weight excluding hydrogens is 256 g/mol. The minimum atomic E-state index is 0.171. The third kappa shape index (κ3) is 3.28. The van der Waals surface area contributed by atoms with E-state index in [0.29, 0.717) is 16.7 Å². The molecule has 2 aliphatic rings. The normalized spacial score (nSPS) is 36.4. The van der Waals surface area contributed by atoms with Crippen LogP contribution in [0.3, 0.4) is 0 Å². The summed E-state index contributed by atoms with van der Waals surface area (Å²) < 4.78 is 0. The monoisotopic (exact) mass is 290 g/mol. The van der Waals surface area contributed by atoms with E-state index in [0.717, 1.165) is 12.3 Å². The van der Waals surface area contributed by atoms with Crippen LogP contribution in [-0.4, -0.2) is 11.7 Å². The maximum Gasteiger partial charge on any atom is 0.0614 e. The predicted molar refractivity (Wildman–Crippen MR) is 91.2 cm³/mol. The molecule has 21 heavy (non-hydrogen) atoms. The lowest BCUT2D eigenvalue weighted by molar-refractivity contribution is -0.0539. The van der Waals surface area contributed by atoms with Gasteiger partial charge in [0.05, 0.1) is 6.61 Å². The Morgan fingerprint density at radius 1 is 1.33 bits per heavy atom. The van der Waals surface area contributed by atoms with Crippen LogP contribution in [0.15, 0.2) is 23.8 Å². The average molecular weight is 290 g/mol. The van der Waals surface area contributed by atoms with Gasteiger partial charge in [0.15, 0.2) is 0 Å². The van der Waals surface area contributed by atoms with E-state index < -0.39 is 0 Å². The lowest BCUT2D eigenvalue weighted by Gasteiger charge is -2.58. The highest BCUT2D eigenvalue weighted by atomic mass is 16.2. The molecule has 3 atom stereocenters. The van der Waals surface area contributed by atoms with Gasteiger partial charge in [0, 0.05) is 0 Å². The fraction of sp³-hybridized carbons (Fsp3) is 0.800. The maximum absolute atomic E-state index is 9.04. The zero-order valence-electron chi connectivity index (χ0n) is 14.5. The Hall–Kier alpha value is -0.560. The molecule has 0 saturated heterocycles. The van der Waals surface area contributed by atoms with Crippen LogP contribution in [0.5, 0.6) is 0 Å².